The van der Waals surface area contributed by atoms with Crippen LogP contribution in [0.5, 0.6) is 5.75 Å². The van der Waals surface area contributed by atoms with Gasteiger partial charge in [-0.2, -0.15) is 0 Å². The maximum Gasteiger partial charge on any atom is 0.243 e. The first-order valence-corrected chi connectivity index (χ1v) is 8.61. The molecule has 0 bridgehead atoms. The predicted octanol–water partition coefficient (Wildman–Crippen LogP) is 2.56. The second-order valence-electron chi connectivity index (χ2n) is 5.69. The van der Waals surface area contributed by atoms with Crippen LogP contribution in [0.2, 0.25) is 0 Å². The number of ether oxygens (including phenoxy) is 1. The lowest BCUT2D eigenvalue weighted by Crippen LogP contribution is -2.41. The van der Waals surface area contributed by atoms with Gasteiger partial charge >= 0.3 is 0 Å². The third-order valence-corrected chi connectivity index (χ3v) is 3.90. The highest BCUT2D eigenvalue weighted by atomic mass is 16.5. The Morgan fingerprint density at radius 2 is 1.92 bits per heavy atom. The molecule has 0 saturated heterocycles. The molecule has 2 aromatic rings. The molecule has 6 nitrogen and oxygen atoms in total. The molecule has 0 atom stereocenters. The lowest BCUT2D eigenvalue weighted by Gasteiger charge is -2.14. The van der Waals surface area contributed by atoms with Crippen molar-refractivity contribution in [3.8, 4) is 5.75 Å². The van der Waals surface area contributed by atoms with Gasteiger partial charge in [0.25, 0.3) is 0 Å². The average molecular weight is 354 g/mol. The summed E-state index contributed by atoms with van der Waals surface area (Å²) in [4.78, 5) is 16.3. The van der Waals surface area contributed by atoms with Crippen LogP contribution in [0.4, 0.5) is 5.69 Å². The van der Waals surface area contributed by atoms with Crippen LogP contribution in [0.1, 0.15) is 18.1 Å². The summed E-state index contributed by atoms with van der Waals surface area (Å²) in [6.07, 6.45) is 0.932. The fourth-order valence-corrected chi connectivity index (χ4v) is 2.49. The minimum absolute atomic E-state index is 0.126. The molecule has 0 aliphatic carbocycles. The molecule has 138 valence electrons. The monoisotopic (exact) mass is 354 g/mol. The zero-order chi connectivity index (χ0) is 18.8. The Morgan fingerprint density at radius 1 is 1.12 bits per heavy atom. The van der Waals surface area contributed by atoms with Crippen molar-refractivity contribution in [2.45, 2.75) is 19.9 Å². The molecule has 3 N–H and O–H groups in total. The van der Waals surface area contributed by atoms with Crippen LogP contribution in [0.25, 0.3) is 0 Å². The largest absolute Gasteiger partial charge is 0.496 e. The zero-order valence-corrected chi connectivity index (χ0v) is 15.5. The van der Waals surface area contributed by atoms with E-state index < -0.39 is 0 Å². The number of guanidine groups is 1. The predicted molar refractivity (Wildman–Crippen MR) is 106 cm³/mol. The average Bonchev–Trinajstić information content (AvgIpc) is 2.68. The number of nitrogens with zero attached hydrogens (tertiary/aromatic N) is 1. The number of carbonyl (C=O) groups is 1. The summed E-state index contributed by atoms with van der Waals surface area (Å²) >= 11 is 0. The van der Waals surface area contributed by atoms with Crippen LogP contribution in [0.3, 0.4) is 0 Å². The summed E-state index contributed by atoms with van der Waals surface area (Å²) in [5, 5.41) is 9.07. The molecule has 2 aromatic carbocycles. The number of aliphatic imine (C=N–C) groups is 1. The number of anilines is 1. The molecule has 0 saturated carbocycles. The van der Waals surface area contributed by atoms with Crippen molar-refractivity contribution < 1.29 is 9.53 Å². The Hall–Kier alpha value is -3.02. The maximum absolute atomic E-state index is 12.1. The first kappa shape index (κ1) is 19.3. The normalized spacial score (nSPS) is 11.0. The number of nitrogens with one attached hydrogen (secondary N) is 3. The molecule has 0 aliphatic heterocycles. The van der Waals surface area contributed by atoms with Gasteiger partial charge in [0.15, 0.2) is 5.96 Å². The van der Waals surface area contributed by atoms with Crippen molar-refractivity contribution in [1.29, 1.82) is 0 Å². The van der Waals surface area contributed by atoms with Gasteiger partial charge in [-0.1, -0.05) is 37.3 Å². The Morgan fingerprint density at radius 3 is 2.65 bits per heavy atom. The number of para-hydroxylation sites is 1. The van der Waals surface area contributed by atoms with Gasteiger partial charge in [0.2, 0.25) is 5.91 Å². The van der Waals surface area contributed by atoms with Crippen molar-refractivity contribution in [2.24, 2.45) is 4.99 Å². The first-order chi connectivity index (χ1) is 12.7. The lowest BCUT2D eigenvalue weighted by atomic mass is 10.1. The summed E-state index contributed by atoms with van der Waals surface area (Å²) in [5.74, 6) is 1.23. The minimum Gasteiger partial charge on any atom is -0.496 e. The van der Waals surface area contributed by atoms with E-state index in [4.69, 9.17) is 4.74 Å². The van der Waals surface area contributed by atoms with Crippen LogP contribution in [-0.2, 0) is 17.8 Å². The van der Waals surface area contributed by atoms with Gasteiger partial charge in [0, 0.05) is 24.8 Å². The van der Waals surface area contributed by atoms with Crippen LogP contribution in [0.15, 0.2) is 53.5 Å². The molecule has 6 heteroatoms. The number of aryl methyl sites for hydroxylation is 1. The van der Waals surface area contributed by atoms with E-state index in [2.05, 4.69) is 27.9 Å². The van der Waals surface area contributed by atoms with Crippen LogP contribution < -0.4 is 20.7 Å². The molecule has 0 aromatic heterocycles. The first-order valence-electron chi connectivity index (χ1n) is 8.61. The number of hydrogen-bond acceptors (Lipinski definition) is 3. The van der Waals surface area contributed by atoms with Gasteiger partial charge in [-0.3, -0.25) is 9.79 Å². The van der Waals surface area contributed by atoms with Crippen molar-refractivity contribution in [3.05, 3.63) is 59.7 Å². The maximum atomic E-state index is 12.1. The van der Waals surface area contributed by atoms with Gasteiger partial charge in [-0.25, -0.2) is 0 Å². The molecule has 0 aliphatic rings. The summed E-state index contributed by atoms with van der Waals surface area (Å²) in [6.45, 7) is 2.76. The Bertz CT molecular complexity index is 759. The molecular formula is C20H26N4O2. The van der Waals surface area contributed by atoms with E-state index in [1.807, 2.05) is 48.5 Å². The number of methoxy groups -OCH3 is 1. The molecule has 0 fully saturated rings. The smallest absolute Gasteiger partial charge is 0.243 e. The molecule has 0 heterocycles. The van der Waals surface area contributed by atoms with Crippen molar-refractivity contribution in [2.75, 3.05) is 26.0 Å². The van der Waals surface area contributed by atoms with Crippen molar-refractivity contribution in [1.82, 2.24) is 10.6 Å². The van der Waals surface area contributed by atoms with E-state index in [9.17, 15) is 4.79 Å². The number of hydrogen-bond donors (Lipinski definition) is 3. The Kier molecular flexibility index (Phi) is 7.49. The Labute approximate surface area is 154 Å². The molecule has 0 spiro atoms. The molecule has 0 radical (unpaired) electrons. The number of benzene rings is 2. The lowest BCUT2D eigenvalue weighted by molar-refractivity contribution is -0.115. The van der Waals surface area contributed by atoms with Gasteiger partial charge in [-0.15, -0.1) is 0 Å². The van der Waals surface area contributed by atoms with Gasteiger partial charge < -0.3 is 20.7 Å². The second-order valence-corrected chi connectivity index (χ2v) is 5.69. The van der Waals surface area contributed by atoms with Crippen LogP contribution >= 0.6 is 0 Å². The highest BCUT2D eigenvalue weighted by molar-refractivity contribution is 5.95. The summed E-state index contributed by atoms with van der Waals surface area (Å²) in [7, 11) is 3.31. The summed E-state index contributed by atoms with van der Waals surface area (Å²) < 4.78 is 5.33. The third kappa shape index (κ3) is 5.81. The molecule has 2 rings (SSSR count). The fourth-order valence-electron chi connectivity index (χ4n) is 2.49. The van der Waals surface area contributed by atoms with E-state index in [0.717, 1.165) is 23.4 Å². The standard InChI is InChI=1S/C20H26N4O2/c1-4-15-8-7-10-17(12-15)24-19(25)14-23-20(21-2)22-13-16-9-5-6-11-18(16)26-3/h5-12H,4,13-14H2,1-3H3,(H,24,25)(H2,21,22,23). The molecule has 26 heavy (non-hydrogen) atoms. The van der Waals surface area contributed by atoms with E-state index >= 15 is 0 Å². The van der Waals surface area contributed by atoms with Crippen molar-refractivity contribution >= 4 is 17.6 Å². The van der Waals surface area contributed by atoms with E-state index in [-0.39, 0.29) is 12.5 Å². The molecular weight excluding hydrogens is 328 g/mol. The van der Waals surface area contributed by atoms with Crippen LogP contribution in [-0.4, -0.2) is 32.6 Å². The number of amides is 1. The third-order valence-electron chi connectivity index (χ3n) is 3.90. The topological polar surface area (TPSA) is 74.8 Å². The quantitative estimate of drug-likeness (QED) is 0.528. The van der Waals surface area contributed by atoms with E-state index in [0.29, 0.717) is 12.5 Å². The molecule has 1 amide bonds. The van der Waals surface area contributed by atoms with Crippen LogP contribution in [0, 0.1) is 0 Å². The SMILES string of the molecule is CCc1cccc(NC(=O)CNC(=NC)NCc2ccccc2OC)c1. The van der Waals surface area contributed by atoms with Gasteiger partial charge in [-0.05, 0) is 30.2 Å². The molecule has 0 unspecified atom stereocenters. The van der Waals surface area contributed by atoms with E-state index in [1.54, 1.807) is 14.2 Å². The number of rotatable bonds is 7. The Balaban J connectivity index is 1.83. The van der Waals surface area contributed by atoms with E-state index in [1.165, 1.54) is 5.56 Å². The van der Waals surface area contributed by atoms with Gasteiger partial charge in [0.1, 0.15) is 5.75 Å². The van der Waals surface area contributed by atoms with Crippen molar-refractivity contribution in [3.63, 3.8) is 0 Å². The fraction of sp³-hybridized carbons (Fsp3) is 0.300. The highest BCUT2D eigenvalue weighted by Crippen LogP contribution is 2.16. The highest BCUT2D eigenvalue weighted by Gasteiger charge is 2.06. The number of carbonyl (C=O) groups excluding carboxylic acids is 1. The summed E-state index contributed by atoms with van der Waals surface area (Å²) in [6, 6.07) is 15.6. The van der Waals surface area contributed by atoms with Gasteiger partial charge in [0.05, 0.1) is 13.7 Å². The minimum atomic E-state index is -0.126. The second kappa shape index (κ2) is 10.1. The summed E-state index contributed by atoms with van der Waals surface area (Å²) in [5.41, 5.74) is 3.00. The zero-order valence-electron chi connectivity index (χ0n) is 15.5.